The minimum absolute atomic E-state index is 0.0198. The number of hydrogen-bond acceptors (Lipinski definition) is 5. The van der Waals surface area contributed by atoms with Gasteiger partial charge in [0, 0.05) is 32.6 Å². The van der Waals surface area contributed by atoms with E-state index < -0.39 is 25.8 Å². The average molecular weight is 647 g/mol. The first-order valence-electron chi connectivity index (χ1n) is 14.9. The average Bonchev–Trinajstić information content (AvgIpc) is 3.01. The van der Waals surface area contributed by atoms with Crippen LogP contribution < -0.4 is 0 Å². The van der Waals surface area contributed by atoms with Crippen LogP contribution in [0, 0.1) is 11.6 Å². The third-order valence-electron chi connectivity index (χ3n) is 8.34. The molecule has 0 unspecified atom stereocenters. The molecule has 2 heterocycles. The van der Waals surface area contributed by atoms with Crippen molar-refractivity contribution >= 4 is 25.8 Å². The SMILES string of the molecule is CS(=O)(=O)N1CCC(c2ccc(F)cc2)CC1.O=C(CCc1ccccc1)CS(=O)(=O)N1CCC(c2ccccc2F)CC1. The highest BCUT2D eigenvalue weighted by Crippen LogP contribution is 2.31. The van der Waals surface area contributed by atoms with Crippen LogP contribution in [0.4, 0.5) is 8.78 Å². The second-order valence-corrected chi connectivity index (χ2v) is 15.4. The standard InChI is InChI=1S/C21H24FNO3S.C12H16FNO2S/c22-21-9-5-4-8-20(21)18-12-14-23(15-13-18)27(25,26)16-19(24)11-10-17-6-2-1-3-7-17;1-17(15,16)14-8-6-11(7-9-14)10-2-4-12(13)5-3-10/h1-9,18H,10-16H2;2-5,11H,6-9H2,1H3. The number of aryl methyl sites for hydroxylation is 1. The van der Waals surface area contributed by atoms with E-state index in [9.17, 15) is 30.4 Å². The fourth-order valence-electron chi connectivity index (χ4n) is 5.80. The number of ketones is 1. The van der Waals surface area contributed by atoms with Crippen molar-refractivity contribution in [1.29, 1.82) is 0 Å². The zero-order valence-electron chi connectivity index (χ0n) is 24.9. The largest absolute Gasteiger partial charge is 0.299 e. The molecule has 0 bridgehead atoms. The molecule has 238 valence electrons. The number of carbonyl (C=O) groups excluding carboxylic acids is 1. The Labute approximate surface area is 260 Å². The maximum absolute atomic E-state index is 13.9. The molecule has 0 spiro atoms. The quantitative estimate of drug-likeness (QED) is 0.306. The summed E-state index contributed by atoms with van der Waals surface area (Å²) in [6.45, 7) is 1.77. The van der Waals surface area contributed by atoms with Gasteiger partial charge >= 0.3 is 0 Å². The lowest BCUT2D eigenvalue weighted by molar-refractivity contribution is -0.116. The van der Waals surface area contributed by atoms with Gasteiger partial charge in [-0.2, -0.15) is 0 Å². The number of sulfonamides is 2. The molecule has 2 fully saturated rings. The van der Waals surface area contributed by atoms with Crippen LogP contribution in [0.25, 0.3) is 0 Å². The molecular formula is C33H40F2N2O5S2. The maximum Gasteiger partial charge on any atom is 0.221 e. The van der Waals surface area contributed by atoms with Crippen molar-refractivity contribution in [2.45, 2.75) is 50.4 Å². The first kappa shape index (κ1) is 33.9. The van der Waals surface area contributed by atoms with Gasteiger partial charge in [-0.25, -0.2) is 34.2 Å². The van der Waals surface area contributed by atoms with Crippen LogP contribution in [-0.4, -0.2) is 69.4 Å². The molecule has 0 atom stereocenters. The molecule has 0 aliphatic carbocycles. The number of carbonyl (C=O) groups is 1. The zero-order chi connectivity index (χ0) is 31.7. The molecule has 2 aliphatic heterocycles. The monoisotopic (exact) mass is 646 g/mol. The Balaban J connectivity index is 0.000000223. The van der Waals surface area contributed by atoms with E-state index in [4.69, 9.17) is 0 Å². The number of rotatable bonds is 9. The number of Topliss-reactive ketones (excluding diaryl/α,β-unsaturated/α-hetero) is 1. The number of benzene rings is 3. The van der Waals surface area contributed by atoms with Gasteiger partial charge in [-0.05, 0) is 78.8 Å². The minimum atomic E-state index is -3.61. The van der Waals surface area contributed by atoms with Gasteiger partial charge in [0.2, 0.25) is 20.0 Å². The Morgan fingerprint density at radius 2 is 1.27 bits per heavy atom. The first-order valence-corrected chi connectivity index (χ1v) is 18.4. The fraction of sp³-hybridized carbons (Fsp3) is 0.424. The first-order chi connectivity index (χ1) is 20.9. The number of hydrogen-bond donors (Lipinski definition) is 0. The van der Waals surface area contributed by atoms with Gasteiger partial charge in [0.15, 0.2) is 0 Å². The second kappa shape index (κ2) is 15.3. The Morgan fingerprint density at radius 1 is 0.727 bits per heavy atom. The van der Waals surface area contributed by atoms with Gasteiger partial charge < -0.3 is 0 Å². The van der Waals surface area contributed by atoms with Crippen LogP contribution >= 0.6 is 0 Å². The van der Waals surface area contributed by atoms with E-state index in [1.54, 1.807) is 30.3 Å². The summed E-state index contributed by atoms with van der Waals surface area (Å²) in [5.41, 5.74) is 2.77. The molecule has 0 aromatic heterocycles. The molecule has 11 heteroatoms. The highest BCUT2D eigenvalue weighted by Gasteiger charge is 2.31. The lowest BCUT2D eigenvalue weighted by atomic mass is 9.90. The smallest absolute Gasteiger partial charge is 0.221 e. The summed E-state index contributed by atoms with van der Waals surface area (Å²) in [7, 11) is -6.68. The summed E-state index contributed by atoms with van der Waals surface area (Å²) in [6, 6.07) is 22.7. The maximum atomic E-state index is 13.9. The van der Waals surface area contributed by atoms with Crippen LogP contribution in [0.15, 0.2) is 78.9 Å². The van der Waals surface area contributed by atoms with Gasteiger partial charge in [0.05, 0.1) is 6.26 Å². The summed E-state index contributed by atoms with van der Waals surface area (Å²) in [5.74, 6) is -0.836. The van der Waals surface area contributed by atoms with Crippen molar-refractivity contribution in [3.05, 3.63) is 107 Å². The van der Waals surface area contributed by atoms with E-state index in [0.717, 1.165) is 24.0 Å². The van der Waals surface area contributed by atoms with Crippen molar-refractivity contribution < 1.29 is 30.4 Å². The number of halogens is 2. The summed E-state index contributed by atoms with van der Waals surface area (Å²) in [5, 5.41) is 0. The highest BCUT2D eigenvalue weighted by molar-refractivity contribution is 7.89. The van der Waals surface area contributed by atoms with Gasteiger partial charge in [-0.1, -0.05) is 60.7 Å². The number of nitrogens with zero attached hydrogens (tertiary/aromatic N) is 2. The molecule has 0 amide bonds. The molecule has 2 aliphatic rings. The van der Waals surface area contributed by atoms with Gasteiger partial charge in [0.1, 0.15) is 23.2 Å². The molecule has 0 saturated carbocycles. The molecule has 0 radical (unpaired) electrons. The van der Waals surface area contributed by atoms with Crippen molar-refractivity contribution in [3.8, 4) is 0 Å². The topological polar surface area (TPSA) is 91.8 Å². The van der Waals surface area contributed by atoms with Gasteiger partial charge in [-0.15, -0.1) is 0 Å². The Kier molecular flexibility index (Phi) is 11.8. The van der Waals surface area contributed by atoms with Crippen LogP contribution in [0.2, 0.25) is 0 Å². The molecule has 2 saturated heterocycles. The highest BCUT2D eigenvalue weighted by atomic mass is 32.2. The van der Waals surface area contributed by atoms with Crippen LogP contribution in [-0.2, 0) is 31.3 Å². The van der Waals surface area contributed by atoms with E-state index in [1.807, 2.05) is 30.3 Å². The fourth-order valence-corrected chi connectivity index (χ4v) is 8.18. The van der Waals surface area contributed by atoms with Crippen molar-refractivity contribution in [2.24, 2.45) is 0 Å². The van der Waals surface area contributed by atoms with Crippen LogP contribution in [0.5, 0.6) is 0 Å². The summed E-state index contributed by atoms with van der Waals surface area (Å²) in [4.78, 5) is 12.1. The summed E-state index contributed by atoms with van der Waals surface area (Å²) >= 11 is 0. The Hall–Kier alpha value is -2.99. The minimum Gasteiger partial charge on any atom is -0.299 e. The summed E-state index contributed by atoms with van der Waals surface area (Å²) in [6.07, 6.45) is 4.75. The van der Waals surface area contributed by atoms with Crippen LogP contribution in [0.3, 0.4) is 0 Å². The van der Waals surface area contributed by atoms with E-state index >= 15 is 0 Å². The van der Waals surface area contributed by atoms with Crippen molar-refractivity contribution in [3.63, 3.8) is 0 Å². The van der Waals surface area contributed by atoms with E-state index in [1.165, 1.54) is 33.1 Å². The molecule has 3 aromatic rings. The van der Waals surface area contributed by atoms with Crippen LogP contribution in [0.1, 0.15) is 60.6 Å². The second-order valence-electron chi connectivity index (χ2n) is 11.5. The molecular weight excluding hydrogens is 607 g/mol. The van der Waals surface area contributed by atoms with Crippen molar-refractivity contribution in [1.82, 2.24) is 8.61 Å². The van der Waals surface area contributed by atoms with Gasteiger partial charge in [0.25, 0.3) is 0 Å². The number of piperidine rings is 2. The van der Waals surface area contributed by atoms with Gasteiger partial charge in [-0.3, -0.25) is 4.79 Å². The lowest BCUT2D eigenvalue weighted by Gasteiger charge is -2.31. The van der Waals surface area contributed by atoms with E-state index in [-0.39, 0.29) is 29.8 Å². The zero-order valence-corrected chi connectivity index (χ0v) is 26.6. The molecule has 5 rings (SSSR count). The third-order valence-corrected chi connectivity index (χ3v) is 11.5. The predicted molar refractivity (Wildman–Crippen MR) is 168 cm³/mol. The summed E-state index contributed by atoms with van der Waals surface area (Å²) < 4.78 is 77.4. The van der Waals surface area contributed by atoms with Crippen molar-refractivity contribution in [2.75, 3.05) is 38.2 Å². The predicted octanol–water partition coefficient (Wildman–Crippen LogP) is 5.50. The molecule has 7 nitrogen and oxygen atoms in total. The normalized spacial score (nSPS) is 17.5. The molecule has 44 heavy (non-hydrogen) atoms. The Morgan fingerprint density at radius 3 is 1.86 bits per heavy atom. The Bertz CT molecular complexity index is 1580. The molecule has 0 N–H and O–H groups in total. The van der Waals surface area contributed by atoms with E-state index in [2.05, 4.69) is 0 Å². The lowest BCUT2D eigenvalue weighted by Crippen LogP contribution is -2.40. The molecule has 3 aromatic carbocycles. The third kappa shape index (κ3) is 9.76. The van der Waals surface area contributed by atoms with E-state index in [0.29, 0.717) is 56.9 Å².